The summed E-state index contributed by atoms with van der Waals surface area (Å²) in [4.78, 5) is 22.7. The molecule has 1 unspecified atom stereocenters. The first kappa shape index (κ1) is 16.3. The zero-order valence-corrected chi connectivity index (χ0v) is 15.6. The first-order valence-electron chi connectivity index (χ1n) is 10.1. The molecule has 3 heterocycles. The summed E-state index contributed by atoms with van der Waals surface area (Å²) in [6.45, 7) is 2.20. The molecule has 3 aliphatic rings. The first-order chi connectivity index (χ1) is 13.6. The number of fused-ring (bicyclic) bond motifs is 2. The van der Waals surface area contributed by atoms with Crippen LogP contribution in [0.2, 0.25) is 0 Å². The van der Waals surface area contributed by atoms with E-state index in [1.54, 1.807) is 6.07 Å². The van der Waals surface area contributed by atoms with Crippen LogP contribution in [0.15, 0.2) is 24.3 Å². The number of halogens is 1. The van der Waals surface area contributed by atoms with Crippen LogP contribution in [0, 0.1) is 17.2 Å². The van der Waals surface area contributed by atoms with Crippen LogP contribution < -0.4 is 0 Å². The Morgan fingerprint density at radius 3 is 2.89 bits per heavy atom. The van der Waals surface area contributed by atoms with Gasteiger partial charge in [0.15, 0.2) is 5.82 Å². The standard InChI is InChI=1S/C21H22FN5O/c22-13-3-4-16-17(9-13)24-19(23-16)18-10-14-12-26(7-2-8-27(14)25-18)20(28)15-11-21(15)5-1-6-21/h3-4,9-10,15H,1-2,5-8,11-12H2,(H,23,24). The van der Waals surface area contributed by atoms with Crippen molar-refractivity contribution in [1.29, 1.82) is 0 Å². The van der Waals surface area contributed by atoms with E-state index in [1.807, 2.05) is 15.6 Å². The number of rotatable bonds is 2. The fourth-order valence-electron chi connectivity index (χ4n) is 4.97. The topological polar surface area (TPSA) is 66.8 Å². The molecule has 1 aliphatic heterocycles. The molecule has 2 fully saturated rings. The summed E-state index contributed by atoms with van der Waals surface area (Å²) in [7, 11) is 0. The van der Waals surface area contributed by atoms with Gasteiger partial charge in [-0.3, -0.25) is 9.48 Å². The van der Waals surface area contributed by atoms with Crippen molar-refractivity contribution in [2.24, 2.45) is 11.3 Å². The van der Waals surface area contributed by atoms with Crippen molar-refractivity contribution >= 4 is 16.9 Å². The average Bonchev–Trinajstić information content (AvgIpc) is 3.20. The van der Waals surface area contributed by atoms with E-state index in [-0.39, 0.29) is 11.7 Å². The molecule has 0 saturated heterocycles. The average molecular weight is 379 g/mol. The Morgan fingerprint density at radius 2 is 2.11 bits per heavy atom. The van der Waals surface area contributed by atoms with Gasteiger partial charge in [0.2, 0.25) is 5.91 Å². The number of aromatic nitrogens is 4. The number of nitrogens with zero attached hydrogens (tertiary/aromatic N) is 4. The molecule has 1 N–H and O–H groups in total. The molecule has 2 aliphatic carbocycles. The minimum absolute atomic E-state index is 0.250. The second kappa shape index (κ2) is 5.65. The molecule has 0 radical (unpaired) electrons. The fourth-order valence-corrected chi connectivity index (χ4v) is 4.97. The van der Waals surface area contributed by atoms with Gasteiger partial charge in [0.05, 0.1) is 23.3 Å². The normalized spacial score (nSPS) is 22.8. The maximum Gasteiger partial charge on any atom is 0.226 e. The Hall–Kier alpha value is -2.70. The minimum Gasteiger partial charge on any atom is -0.336 e. The van der Waals surface area contributed by atoms with Crippen molar-refractivity contribution in [3.63, 3.8) is 0 Å². The van der Waals surface area contributed by atoms with E-state index in [0.717, 1.165) is 42.8 Å². The molecule has 28 heavy (non-hydrogen) atoms. The monoisotopic (exact) mass is 379 g/mol. The van der Waals surface area contributed by atoms with E-state index >= 15 is 0 Å². The van der Waals surface area contributed by atoms with Gasteiger partial charge in [-0.1, -0.05) is 6.42 Å². The quantitative estimate of drug-likeness (QED) is 0.741. The predicted molar refractivity (Wildman–Crippen MR) is 102 cm³/mol. The van der Waals surface area contributed by atoms with Gasteiger partial charge in [0.1, 0.15) is 11.5 Å². The third-order valence-corrected chi connectivity index (χ3v) is 6.85. The Morgan fingerprint density at radius 1 is 1.21 bits per heavy atom. The van der Waals surface area contributed by atoms with Gasteiger partial charge in [0.25, 0.3) is 0 Å². The van der Waals surface area contributed by atoms with Crippen molar-refractivity contribution in [3.8, 4) is 11.5 Å². The summed E-state index contributed by atoms with van der Waals surface area (Å²) in [5, 5.41) is 4.70. The van der Waals surface area contributed by atoms with Gasteiger partial charge in [-0.15, -0.1) is 0 Å². The predicted octanol–water partition coefficient (Wildman–Crippen LogP) is 3.49. The highest BCUT2D eigenvalue weighted by atomic mass is 19.1. The number of carbonyl (C=O) groups is 1. The van der Waals surface area contributed by atoms with Gasteiger partial charge >= 0.3 is 0 Å². The van der Waals surface area contributed by atoms with Crippen LogP contribution in [-0.2, 0) is 17.9 Å². The van der Waals surface area contributed by atoms with Crippen LogP contribution in [-0.4, -0.2) is 37.1 Å². The lowest BCUT2D eigenvalue weighted by Crippen LogP contribution is -2.34. The van der Waals surface area contributed by atoms with Gasteiger partial charge in [-0.05, 0) is 55.4 Å². The molecule has 1 amide bonds. The number of H-pyrrole nitrogens is 1. The molecular formula is C21H22FN5O. The molecule has 0 bridgehead atoms. The van der Waals surface area contributed by atoms with E-state index < -0.39 is 0 Å². The van der Waals surface area contributed by atoms with Crippen molar-refractivity contribution in [2.45, 2.75) is 45.2 Å². The fraction of sp³-hybridized carbons (Fsp3) is 0.476. The van der Waals surface area contributed by atoms with E-state index in [0.29, 0.717) is 29.2 Å². The highest BCUT2D eigenvalue weighted by Crippen LogP contribution is 2.66. The van der Waals surface area contributed by atoms with Crippen LogP contribution >= 0.6 is 0 Å². The summed E-state index contributed by atoms with van der Waals surface area (Å²) >= 11 is 0. The third kappa shape index (κ3) is 2.41. The van der Waals surface area contributed by atoms with E-state index in [1.165, 1.54) is 31.4 Å². The molecule has 2 aromatic heterocycles. The molecule has 1 atom stereocenters. The summed E-state index contributed by atoms with van der Waals surface area (Å²) in [6.07, 6.45) is 5.73. The number of benzene rings is 1. The minimum atomic E-state index is -0.290. The first-order valence-corrected chi connectivity index (χ1v) is 10.1. The highest BCUT2D eigenvalue weighted by Gasteiger charge is 2.61. The third-order valence-electron chi connectivity index (χ3n) is 6.85. The second-order valence-electron chi connectivity index (χ2n) is 8.58. The maximum atomic E-state index is 13.4. The van der Waals surface area contributed by atoms with E-state index in [4.69, 9.17) is 5.10 Å². The van der Waals surface area contributed by atoms with Crippen molar-refractivity contribution < 1.29 is 9.18 Å². The van der Waals surface area contributed by atoms with Gasteiger partial charge < -0.3 is 9.88 Å². The lowest BCUT2D eigenvalue weighted by atomic mass is 9.79. The van der Waals surface area contributed by atoms with Crippen LogP contribution in [0.5, 0.6) is 0 Å². The molecular weight excluding hydrogens is 357 g/mol. The zero-order valence-electron chi connectivity index (χ0n) is 15.6. The molecule has 3 aromatic rings. The van der Waals surface area contributed by atoms with E-state index in [9.17, 15) is 9.18 Å². The molecule has 7 heteroatoms. The molecule has 1 spiro atoms. The van der Waals surface area contributed by atoms with Crippen LogP contribution in [0.25, 0.3) is 22.6 Å². The van der Waals surface area contributed by atoms with Crippen LogP contribution in [0.3, 0.4) is 0 Å². The maximum absolute atomic E-state index is 13.4. The lowest BCUT2D eigenvalue weighted by Gasteiger charge is -2.28. The Kier molecular flexibility index (Phi) is 3.29. The van der Waals surface area contributed by atoms with Crippen LogP contribution in [0.1, 0.15) is 37.8 Å². The number of hydrogen-bond donors (Lipinski definition) is 1. The summed E-state index contributed by atoms with van der Waals surface area (Å²) in [5.74, 6) is 0.923. The summed E-state index contributed by atoms with van der Waals surface area (Å²) in [6, 6.07) is 6.52. The summed E-state index contributed by atoms with van der Waals surface area (Å²) < 4.78 is 15.4. The van der Waals surface area contributed by atoms with Crippen molar-refractivity contribution in [3.05, 3.63) is 35.8 Å². The number of aromatic amines is 1. The highest BCUT2D eigenvalue weighted by molar-refractivity contribution is 5.83. The van der Waals surface area contributed by atoms with Gasteiger partial charge in [-0.2, -0.15) is 5.10 Å². The zero-order chi connectivity index (χ0) is 18.9. The molecule has 2 saturated carbocycles. The van der Waals surface area contributed by atoms with E-state index in [2.05, 4.69) is 9.97 Å². The number of carbonyl (C=O) groups excluding carboxylic acids is 1. The smallest absolute Gasteiger partial charge is 0.226 e. The molecule has 6 nitrogen and oxygen atoms in total. The second-order valence-corrected chi connectivity index (χ2v) is 8.58. The number of amides is 1. The SMILES string of the molecule is O=C(C1CC12CCC2)N1CCCn2nc(-c3nc4ccc(F)cc4[nH]3)cc2C1. The number of hydrogen-bond acceptors (Lipinski definition) is 3. The van der Waals surface area contributed by atoms with Gasteiger partial charge in [-0.25, -0.2) is 9.37 Å². The molecule has 1 aromatic carbocycles. The Balaban J connectivity index is 1.27. The number of aryl methyl sites for hydroxylation is 1. The Bertz CT molecular complexity index is 1100. The molecule has 6 rings (SSSR count). The summed E-state index contributed by atoms with van der Waals surface area (Å²) in [5.41, 5.74) is 3.52. The van der Waals surface area contributed by atoms with Crippen LogP contribution in [0.4, 0.5) is 4.39 Å². The number of nitrogens with one attached hydrogen (secondary N) is 1. The van der Waals surface area contributed by atoms with Crippen molar-refractivity contribution in [2.75, 3.05) is 6.54 Å². The van der Waals surface area contributed by atoms with Gasteiger partial charge in [0, 0.05) is 19.0 Å². The largest absolute Gasteiger partial charge is 0.336 e. The number of imidazole rings is 1. The molecule has 144 valence electrons. The lowest BCUT2D eigenvalue weighted by molar-refractivity contribution is -0.134. The Labute approximate surface area is 161 Å². The van der Waals surface area contributed by atoms with Crippen molar-refractivity contribution in [1.82, 2.24) is 24.6 Å².